The molecule has 2 rings (SSSR count). The first-order valence-corrected chi connectivity index (χ1v) is 6.69. The second kappa shape index (κ2) is 4.23. The van der Waals surface area contributed by atoms with Crippen LogP contribution in [0.1, 0.15) is 18.4 Å². The molecule has 0 saturated carbocycles. The predicted molar refractivity (Wildman–Crippen MR) is 63.5 cm³/mol. The predicted octanol–water partition coefficient (Wildman–Crippen LogP) is 4.14. The van der Waals surface area contributed by atoms with Gasteiger partial charge in [-0.3, -0.25) is 0 Å². The second-order valence-corrected chi connectivity index (χ2v) is 5.56. The van der Waals surface area contributed by atoms with E-state index in [1.165, 1.54) is 0 Å². The summed E-state index contributed by atoms with van der Waals surface area (Å²) in [6.07, 6.45) is 1.63. The molecule has 0 N–H and O–H groups in total. The minimum absolute atomic E-state index is 0.593. The third-order valence-corrected chi connectivity index (χ3v) is 4.48. The maximum Gasteiger partial charge on any atom is 0.146 e. The van der Waals surface area contributed by atoms with Gasteiger partial charge in [0, 0.05) is 15.8 Å². The lowest BCUT2D eigenvalue weighted by molar-refractivity contribution is 0.177. The maximum absolute atomic E-state index is 14.5. The molecular formula is C11H12BrFS. The summed E-state index contributed by atoms with van der Waals surface area (Å²) in [6, 6.07) is 7.62. The van der Waals surface area contributed by atoms with E-state index in [4.69, 9.17) is 0 Å². The fraction of sp³-hybridized carbons (Fsp3) is 0.455. The molecule has 0 aromatic heterocycles. The van der Waals surface area contributed by atoms with Gasteiger partial charge in [0.05, 0.1) is 0 Å². The van der Waals surface area contributed by atoms with Crippen molar-refractivity contribution in [3.63, 3.8) is 0 Å². The lowest BCUT2D eigenvalue weighted by Crippen LogP contribution is -2.27. The molecule has 0 amide bonds. The number of alkyl halides is 1. The Kier molecular flexibility index (Phi) is 3.17. The Morgan fingerprint density at radius 1 is 1.36 bits per heavy atom. The molecule has 0 spiro atoms. The van der Waals surface area contributed by atoms with E-state index in [9.17, 15) is 4.39 Å². The summed E-state index contributed by atoms with van der Waals surface area (Å²) >= 11 is 5.13. The molecule has 1 heterocycles. The zero-order valence-electron chi connectivity index (χ0n) is 7.80. The molecule has 1 atom stereocenters. The van der Waals surface area contributed by atoms with Gasteiger partial charge < -0.3 is 0 Å². The first-order valence-electron chi connectivity index (χ1n) is 4.74. The first kappa shape index (κ1) is 10.5. The quantitative estimate of drug-likeness (QED) is 0.742. The van der Waals surface area contributed by atoms with E-state index in [1.807, 2.05) is 24.3 Å². The average Bonchev–Trinajstić information content (AvgIpc) is 2.19. The summed E-state index contributed by atoms with van der Waals surface area (Å²) in [5.41, 5.74) is -0.310. The fourth-order valence-electron chi connectivity index (χ4n) is 1.80. The standard InChI is InChI=1S/C11H12BrFS/c12-10-5-2-1-4-9(10)11(13)6-3-7-14-8-11/h1-2,4-5H,3,6-8H2. The van der Waals surface area contributed by atoms with E-state index in [0.29, 0.717) is 12.2 Å². The zero-order chi connectivity index (χ0) is 10.0. The third-order valence-electron chi connectivity index (χ3n) is 2.55. The van der Waals surface area contributed by atoms with E-state index in [0.717, 1.165) is 22.2 Å². The van der Waals surface area contributed by atoms with Crippen molar-refractivity contribution in [1.29, 1.82) is 0 Å². The molecule has 0 radical (unpaired) electrons. The topological polar surface area (TPSA) is 0 Å². The zero-order valence-corrected chi connectivity index (χ0v) is 10.2. The Labute approximate surface area is 96.4 Å². The summed E-state index contributed by atoms with van der Waals surface area (Å²) in [6.45, 7) is 0. The Balaban J connectivity index is 2.32. The number of rotatable bonds is 1. The van der Waals surface area contributed by atoms with Crippen LogP contribution in [0.4, 0.5) is 4.39 Å². The summed E-state index contributed by atoms with van der Waals surface area (Å²) in [4.78, 5) is 0. The monoisotopic (exact) mass is 274 g/mol. The van der Waals surface area contributed by atoms with Crippen LogP contribution in [0.5, 0.6) is 0 Å². The molecule has 3 heteroatoms. The molecule has 14 heavy (non-hydrogen) atoms. The van der Waals surface area contributed by atoms with Gasteiger partial charge in [0.25, 0.3) is 0 Å². The molecule has 1 aliphatic rings. The molecule has 1 aliphatic heterocycles. The van der Waals surface area contributed by atoms with Crippen molar-refractivity contribution in [3.8, 4) is 0 Å². The van der Waals surface area contributed by atoms with Crippen molar-refractivity contribution in [2.75, 3.05) is 11.5 Å². The van der Waals surface area contributed by atoms with Gasteiger partial charge in [0.15, 0.2) is 0 Å². The van der Waals surface area contributed by atoms with Crippen molar-refractivity contribution >= 4 is 27.7 Å². The van der Waals surface area contributed by atoms with E-state index in [2.05, 4.69) is 15.9 Å². The van der Waals surface area contributed by atoms with Crippen molar-refractivity contribution in [2.45, 2.75) is 18.5 Å². The number of halogens is 2. The highest BCUT2D eigenvalue weighted by Gasteiger charge is 2.35. The van der Waals surface area contributed by atoms with Crippen molar-refractivity contribution in [1.82, 2.24) is 0 Å². The molecule has 0 bridgehead atoms. The molecular weight excluding hydrogens is 263 g/mol. The largest absolute Gasteiger partial charge is 0.238 e. The van der Waals surface area contributed by atoms with Gasteiger partial charge in [0.2, 0.25) is 0 Å². The van der Waals surface area contributed by atoms with Crippen molar-refractivity contribution < 1.29 is 4.39 Å². The lowest BCUT2D eigenvalue weighted by Gasteiger charge is -2.30. The number of hydrogen-bond donors (Lipinski definition) is 0. The lowest BCUT2D eigenvalue weighted by atomic mass is 9.93. The van der Waals surface area contributed by atoms with Gasteiger partial charge in [-0.1, -0.05) is 34.1 Å². The van der Waals surface area contributed by atoms with Crippen LogP contribution in [0.15, 0.2) is 28.7 Å². The van der Waals surface area contributed by atoms with Gasteiger partial charge in [-0.2, -0.15) is 11.8 Å². The summed E-state index contributed by atoms with van der Waals surface area (Å²) in [7, 11) is 0. The summed E-state index contributed by atoms with van der Waals surface area (Å²) in [5.74, 6) is 1.69. The SMILES string of the molecule is FC1(c2ccccc2Br)CCCSC1. The Morgan fingerprint density at radius 2 is 2.14 bits per heavy atom. The first-order chi connectivity index (χ1) is 6.72. The minimum atomic E-state index is -1.12. The molecule has 1 aromatic rings. The highest BCUT2D eigenvalue weighted by atomic mass is 79.9. The van der Waals surface area contributed by atoms with E-state index in [-0.39, 0.29) is 0 Å². The van der Waals surface area contributed by atoms with Crippen LogP contribution in [0.2, 0.25) is 0 Å². The molecule has 1 unspecified atom stereocenters. The second-order valence-electron chi connectivity index (χ2n) is 3.60. The van der Waals surface area contributed by atoms with Crippen LogP contribution in [0.3, 0.4) is 0 Å². The van der Waals surface area contributed by atoms with Crippen molar-refractivity contribution in [3.05, 3.63) is 34.3 Å². The summed E-state index contributed by atoms with van der Waals surface area (Å²) < 4.78 is 15.4. The van der Waals surface area contributed by atoms with Crippen LogP contribution in [0.25, 0.3) is 0 Å². The Bertz CT molecular complexity index is 321. The molecule has 0 nitrogen and oxygen atoms in total. The smallest absolute Gasteiger partial charge is 0.146 e. The third kappa shape index (κ3) is 1.98. The van der Waals surface area contributed by atoms with E-state index in [1.54, 1.807) is 11.8 Å². The Morgan fingerprint density at radius 3 is 2.79 bits per heavy atom. The molecule has 1 fully saturated rings. The number of thioether (sulfide) groups is 1. The van der Waals surface area contributed by atoms with Gasteiger partial charge in [-0.25, -0.2) is 4.39 Å². The van der Waals surface area contributed by atoms with Crippen molar-refractivity contribution in [2.24, 2.45) is 0 Å². The molecule has 76 valence electrons. The molecule has 1 saturated heterocycles. The van der Waals surface area contributed by atoms with Crippen LogP contribution in [0, 0.1) is 0 Å². The average molecular weight is 275 g/mol. The Hall–Kier alpha value is -0.0200. The summed E-state index contributed by atoms with van der Waals surface area (Å²) in [5, 5.41) is 0. The molecule has 1 aromatic carbocycles. The van der Waals surface area contributed by atoms with Gasteiger partial charge in [-0.15, -0.1) is 0 Å². The number of benzene rings is 1. The van der Waals surface area contributed by atoms with Gasteiger partial charge in [0.1, 0.15) is 5.67 Å². The highest BCUT2D eigenvalue weighted by molar-refractivity contribution is 9.10. The van der Waals surface area contributed by atoms with Crippen LogP contribution in [-0.4, -0.2) is 11.5 Å². The molecule has 0 aliphatic carbocycles. The van der Waals surface area contributed by atoms with Gasteiger partial charge in [-0.05, 0) is 24.7 Å². The normalized spacial score (nSPS) is 27.6. The van der Waals surface area contributed by atoms with Crippen LogP contribution < -0.4 is 0 Å². The van der Waals surface area contributed by atoms with E-state index < -0.39 is 5.67 Å². The maximum atomic E-state index is 14.5. The number of hydrogen-bond acceptors (Lipinski definition) is 1. The highest BCUT2D eigenvalue weighted by Crippen LogP contribution is 2.41. The van der Waals surface area contributed by atoms with Gasteiger partial charge >= 0.3 is 0 Å². The van der Waals surface area contributed by atoms with E-state index >= 15 is 0 Å². The van der Waals surface area contributed by atoms with Crippen LogP contribution in [-0.2, 0) is 5.67 Å². The fourth-order valence-corrected chi connectivity index (χ4v) is 3.55. The van der Waals surface area contributed by atoms with Crippen LogP contribution >= 0.6 is 27.7 Å². The minimum Gasteiger partial charge on any atom is -0.238 e.